The average Bonchev–Trinajstić information content (AvgIpc) is 2.60. The molecule has 2 aromatic carbocycles. The molecule has 2 aromatic rings. The number of hydrogen-bond acceptors (Lipinski definition) is 2. The summed E-state index contributed by atoms with van der Waals surface area (Å²) in [4.78, 5) is 13.3. The molecule has 1 unspecified atom stereocenters. The van der Waals surface area contributed by atoms with Gasteiger partial charge in [-0.05, 0) is 31.2 Å². The molecule has 0 aromatic heterocycles. The quantitative estimate of drug-likeness (QED) is 0.825. The highest BCUT2D eigenvalue weighted by atomic mass is 19.4. The third-order valence-corrected chi connectivity index (χ3v) is 4.23. The molecule has 0 radical (unpaired) electrons. The van der Waals surface area contributed by atoms with Crippen molar-refractivity contribution in [1.82, 2.24) is 0 Å². The van der Waals surface area contributed by atoms with Gasteiger partial charge in [0.05, 0.1) is 19.7 Å². The number of amides is 1. The maximum absolute atomic E-state index is 12.6. The third-order valence-electron chi connectivity index (χ3n) is 4.23. The Kier molecular flexibility index (Phi) is 6.26. The number of carbonyl (C=O) groups excluding carboxylic acids is 1. The van der Waals surface area contributed by atoms with Crippen LogP contribution < -0.4 is 15.0 Å². The molecule has 0 aliphatic rings. The molecule has 140 valence electrons. The SMILES string of the molecule is COc1cccc(NC(=O)[C@H](C)[NH+](C)Cc2ccc(C(F)(F)F)cc2)c1. The van der Waals surface area contributed by atoms with Crippen molar-refractivity contribution >= 4 is 11.6 Å². The summed E-state index contributed by atoms with van der Waals surface area (Å²) in [7, 11) is 3.37. The molecular weight excluding hydrogens is 345 g/mol. The van der Waals surface area contributed by atoms with Crippen molar-refractivity contribution in [3.63, 3.8) is 0 Å². The van der Waals surface area contributed by atoms with Crippen LogP contribution in [0.4, 0.5) is 18.9 Å². The van der Waals surface area contributed by atoms with Crippen molar-refractivity contribution in [1.29, 1.82) is 0 Å². The van der Waals surface area contributed by atoms with Gasteiger partial charge >= 0.3 is 6.18 Å². The van der Waals surface area contributed by atoms with E-state index >= 15 is 0 Å². The minimum atomic E-state index is -4.35. The Morgan fingerprint density at radius 3 is 2.42 bits per heavy atom. The summed E-state index contributed by atoms with van der Waals surface area (Å²) in [6, 6.07) is 11.7. The highest BCUT2D eigenvalue weighted by Gasteiger charge is 2.30. The van der Waals surface area contributed by atoms with Crippen LogP contribution in [0, 0.1) is 0 Å². The Morgan fingerprint density at radius 2 is 1.85 bits per heavy atom. The van der Waals surface area contributed by atoms with Gasteiger partial charge < -0.3 is 15.0 Å². The largest absolute Gasteiger partial charge is 0.497 e. The fourth-order valence-corrected chi connectivity index (χ4v) is 2.46. The number of alkyl halides is 3. The number of benzene rings is 2. The van der Waals surface area contributed by atoms with E-state index in [0.29, 0.717) is 18.0 Å². The molecule has 0 fully saturated rings. The second-order valence-electron chi connectivity index (χ2n) is 6.16. The molecule has 7 heteroatoms. The van der Waals surface area contributed by atoms with E-state index in [1.165, 1.54) is 12.1 Å². The topological polar surface area (TPSA) is 42.8 Å². The smallest absolute Gasteiger partial charge is 0.416 e. The van der Waals surface area contributed by atoms with Crippen LogP contribution in [-0.2, 0) is 17.5 Å². The van der Waals surface area contributed by atoms with Crippen LogP contribution in [0.15, 0.2) is 48.5 Å². The first-order chi connectivity index (χ1) is 12.2. The summed E-state index contributed by atoms with van der Waals surface area (Å²) in [5.41, 5.74) is 0.683. The number of nitrogens with one attached hydrogen (secondary N) is 2. The highest BCUT2D eigenvalue weighted by molar-refractivity contribution is 5.93. The minimum absolute atomic E-state index is 0.178. The van der Waals surface area contributed by atoms with Gasteiger partial charge in [0, 0.05) is 17.3 Å². The molecule has 2 atom stereocenters. The first-order valence-electron chi connectivity index (χ1n) is 8.14. The van der Waals surface area contributed by atoms with Crippen molar-refractivity contribution in [2.24, 2.45) is 0 Å². The lowest BCUT2D eigenvalue weighted by Crippen LogP contribution is -3.12. The van der Waals surface area contributed by atoms with Crippen LogP contribution in [-0.4, -0.2) is 26.1 Å². The monoisotopic (exact) mass is 367 g/mol. The molecule has 4 nitrogen and oxygen atoms in total. The summed E-state index contributed by atoms with van der Waals surface area (Å²) >= 11 is 0. The fraction of sp³-hybridized carbons (Fsp3) is 0.316. The van der Waals surface area contributed by atoms with Crippen molar-refractivity contribution in [2.75, 3.05) is 19.5 Å². The van der Waals surface area contributed by atoms with E-state index in [4.69, 9.17) is 4.74 Å². The van der Waals surface area contributed by atoms with Gasteiger partial charge in [-0.3, -0.25) is 4.79 Å². The van der Waals surface area contributed by atoms with Crippen molar-refractivity contribution in [3.05, 3.63) is 59.7 Å². The van der Waals surface area contributed by atoms with Gasteiger partial charge in [-0.25, -0.2) is 0 Å². The number of carbonyl (C=O) groups is 1. The van der Waals surface area contributed by atoms with Gasteiger partial charge in [0.1, 0.15) is 12.3 Å². The maximum atomic E-state index is 12.6. The van der Waals surface area contributed by atoms with Crippen molar-refractivity contribution in [2.45, 2.75) is 25.7 Å². The van der Waals surface area contributed by atoms with Crippen LogP contribution >= 0.6 is 0 Å². The molecule has 1 amide bonds. The number of rotatable bonds is 6. The van der Waals surface area contributed by atoms with E-state index < -0.39 is 11.7 Å². The van der Waals surface area contributed by atoms with E-state index in [1.807, 2.05) is 7.05 Å². The molecule has 0 saturated carbocycles. The Labute approximate surface area is 150 Å². The zero-order valence-electron chi connectivity index (χ0n) is 14.9. The molecule has 2 N–H and O–H groups in total. The van der Waals surface area contributed by atoms with Crippen LogP contribution in [0.5, 0.6) is 5.75 Å². The molecule has 26 heavy (non-hydrogen) atoms. The zero-order valence-corrected chi connectivity index (χ0v) is 14.9. The lowest BCUT2D eigenvalue weighted by molar-refractivity contribution is -0.907. The van der Waals surface area contributed by atoms with E-state index in [9.17, 15) is 18.0 Å². The van der Waals surface area contributed by atoms with E-state index in [-0.39, 0.29) is 11.9 Å². The number of ether oxygens (including phenoxy) is 1. The number of halogens is 3. The first kappa shape index (κ1) is 19.8. The van der Waals surface area contributed by atoms with E-state index in [2.05, 4.69) is 5.32 Å². The summed E-state index contributed by atoms with van der Waals surface area (Å²) in [5.74, 6) is 0.462. The molecule has 0 heterocycles. The van der Waals surface area contributed by atoms with Crippen LogP contribution in [0.1, 0.15) is 18.1 Å². The third kappa shape index (κ3) is 5.23. The molecule has 0 aliphatic carbocycles. The summed E-state index contributed by atoms with van der Waals surface area (Å²) in [6.45, 7) is 2.21. The predicted molar refractivity (Wildman–Crippen MR) is 93.1 cm³/mol. The Hall–Kier alpha value is -2.54. The average molecular weight is 367 g/mol. The molecule has 0 aliphatic heterocycles. The second-order valence-corrected chi connectivity index (χ2v) is 6.16. The predicted octanol–water partition coefficient (Wildman–Crippen LogP) is 2.76. The number of anilines is 1. The lowest BCUT2D eigenvalue weighted by Gasteiger charge is -2.21. The molecular formula is C19H22F3N2O2+. The number of methoxy groups -OCH3 is 1. The maximum Gasteiger partial charge on any atom is 0.416 e. The van der Waals surface area contributed by atoms with Gasteiger partial charge in [0.2, 0.25) is 0 Å². The van der Waals surface area contributed by atoms with Gasteiger partial charge in [-0.1, -0.05) is 18.2 Å². The van der Waals surface area contributed by atoms with Gasteiger partial charge in [0.15, 0.2) is 6.04 Å². The second kappa shape index (κ2) is 8.23. The Morgan fingerprint density at radius 1 is 1.19 bits per heavy atom. The Balaban J connectivity index is 1.97. The molecule has 0 bridgehead atoms. The van der Waals surface area contributed by atoms with Crippen molar-refractivity contribution in [3.8, 4) is 5.75 Å². The van der Waals surface area contributed by atoms with Gasteiger partial charge in [0.25, 0.3) is 5.91 Å². The van der Waals surface area contributed by atoms with Crippen LogP contribution in [0.3, 0.4) is 0 Å². The summed E-state index contributed by atoms with van der Waals surface area (Å²) in [6.07, 6.45) is -4.35. The van der Waals surface area contributed by atoms with Gasteiger partial charge in [-0.15, -0.1) is 0 Å². The standard InChI is InChI=1S/C19H21F3N2O2/c1-13(18(25)23-16-5-4-6-17(11-16)26-3)24(2)12-14-7-9-15(10-8-14)19(20,21)22/h4-11,13H,12H2,1-3H3,(H,23,25)/p+1/t13-/m0/s1. The fourth-order valence-electron chi connectivity index (χ4n) is 2.46. The summed E-state index contributed by atoms with van der Waals surface area (Å²) in [5, 5.41) is 2.82. The highest BCUT2D eigenvalue weighted by Crippen LogP contribution is 2.28. The first-order valence-corrected chi connectivity index (χ1v) is 8.14. The van der Waals surface area contributed by atoms with Crippen LogP contribution in [0.2, 0.25) is 0 Å². The normalized spacial score (nSPS) is 13.8. The van der Waals surface area contributed by atoms with E-state index in [1.54, 1.807) is 38.3 Å². The Bertz CT molecular complexity index is 745. The lowest BCUT2D eigenvalue weighted by atomic mass is 10.1. The van der Waals surface area contributed by atoms with E-state index in [0.717, 1.165) is 22.6 Å². The van der Waals surface area contributed by atoms with Gasteiger partial charge in [-0.2, -0.15) is 13.2 Å². The molecule has 0 saturated heterocycles. The minimum Gasteiger partial charge on any atom is -0.497 e. The molecule has 0 spiro atoms. The number of likely N-dealkylation sites (N-methyl/N-ethyl adjacent to an activating group) is 1. The zero-order chi connectivity index (χ0) is 19.3. The summed E-state index contributed by atoms with van der Waals surface area (Å²) < 4.78 is 43.0. The molecule has 2 rings (SSSR count). The van der Waals surface area contributed by atoms with Crippen molar-refractivity contribution < 1.29 is 27.6 Å². The number of quaternary nitrogens is 1. The number of hydrogen-bond donors (Lipinski definition) is 2. The van der Waals surface area contributed by atoms with Crippen LogP contribution in [0.25, 0.3) is 0 Å².